The summed E-state index contributed by atoms with van der Waals surface area (Å²) in [5.41, 5.74) is -0.0349. The topological polar surface area (TPSA) is 23.5 Å². The van der Waals surface area contributed by atoms with E-state index in [1.807, 2.05) is 49.3 Å². The Morgan fingerprint density at radius 2 is 1.56 bits per heavy atom. The Hall–Kier alpha value is -0.860. The Bertz CT molecular complexity index is 326. The van der Waals surface area contributed by atoms with Crippen molar-refractivity contribution in [2.45, 2.75) is 26.4 Å². The summed E-state index contributed by atoms with van der Waals surface area (Å²) in [7, 11) is 3.97. The zero-order valence-electron chi connectivity index (χ0n) is 11.0. The standard InChI is InChI=1S/C14H23NO/c1-13(2,3)14(16,11-15(4)5)12-9-7-6-8-10-12/h6-10,16H,11H2,1-5H3. The quantitative estimate of drug-likeness (QED) is 0.847. The van der Waals surface area contributed by atoms with Gasteiger partial charge in [0.25, 0.3) is 0 Å². The molecule has 1 aromatic rings. The van der Waals surface area contributed by atoms with Crippen molar-refractivity contribution in [3.05, 3.63) is 35.9 Å². The fourth-order valence-electron chi connectivity index (χ4n) is 1.93. The molecule has 0 bridgehead atoms. The van der Waals surface area contributed by atoms with Gasteiger partial charge in [-0.1, -0.05) is 51.1 Å². The summed E-state index contributed by atoms with van der Waals surface area (Å²) in [6, 6.07) is 9.91. The summed E-state index contributed by atoms with van der Waals surface area (Å²) in [5, 5.41) is 10.9. The molecule has 2 heteroatoms. The third-order valence-electron chi connectivity index (χ3n) is 3.04. The van der Waals surface area contributed by atoms with Crippen LogP contribution in [-0.2, 0) is 5.60 Å². The summed E-state index contributed by atoms with van der Waals surface area (Å²) in [6.45, 7) is 6.84. The molecule has 0 amide bonds. The van der Waals surface area contributed by atoms with Crippen LogP contribution in [0, 0.1) is 5.41 Å². The molecule has 0 radical (unpaired) electrons. The first kappa shape index (κ1) is 13.2. The number of hydrogen-bond acceptors (Lipinski definition) is 2. The molecule has 16 heavy (non-hydrogen) atoms. The van der Waals surface area contributed by atoms with Crippen molar-refractivity contribution in [2.24, 2.45) is 5.41 Å². The van der Waals surface area contributed by atoms with Crippen LogP contribution in [0.5, 0.6) is 0 Å². The van der Waals surface area contributed by atoms with Gasteiger partial charge >= 0.3 is 0 Å². The van der Waals surface area contributed by atoms with Gasteiger partial charge in [-0.05, 0) is 25.1 Å². The van der Waals surface area contributed by atoms with E-state index in [9.17, 15) is 5.11 Å². The van der Waals surface area contributed by atoms with Gasteiger partial charge in [0.1, 0.15) is 5.60 Å². The van der Waals surface area contributed by atoms with E-state index < -0.39 is 5.60 Å². The minimum absolute atomic E-state index is 0.196. The van der Waals surface area contributed by atoms with Crippen molar-refractivity contribution in [2.75, 3.05) is 20.6 Å². The van der Waals surface area contributed by atoms with Crippen molar-refractivity contribution < 1.29 is 5.11 Å². The molecule has 1 rings (SSSR count). The first-order valence-corrected chi connectivity index (χ1v) is 5.70. The lowest BCUT2D eigenvalue weighted by atomic mass is 9.72. The molecule has 1 unspecified atom stereocenters. The second-order valence-electron chi connectivity index (χ2n) is 5.71. The zero-order valence-corrected chi connectivity index (χ0v) is 11.0. The first-order valence-electron chi connectivity index (χ1n) is 5.70. The fourth-order valence-corrected chi connectivity index (χ4v) is 1.93. The minimum atomic E-state index is -0.822. The maximum atomic E-state index is 10.9. The molecule has 0 aromatic heterocycles. The van der Waals surface area contributed by atoms with Crippen molar-refractivity contribution >= 4 is 0 Å². The summed E-state index contributed by atoms with van der Waals surface area (Å²) in [5.74, 6) is 0. The van der Waals surface area contributed by atoms with Gasteiger partial charge in [0.15, 0.2) is 0 Å². The highest BCUT2D eigenvalue weighted by Gasteiger charge is 2.41. The fraction of sp³-hybridized carbons (Fsp3) is 0.571. The van der Waals surface area contributed by atoms with Gasteiger partial charge in [-0.2, -0.15) is 0 Å². The third-order valence-corrected chi connectivity index (χ3v) is 3.04. The predicted molar refractivity (Wildman–Crippen MR) is 68.3 cm³/mol. The van der Waals surface area contributed by atoms with Gasteiger partial charge in [-0.3, -0.25) is 0 Å². The van der Waals surface area contributed by atoms with Gasteiger partial charge in [0, 0.05) is 6.54 Å². The molecule has 1 atom stereocenters. The van der Waals surface area contributed by atoms with Gasteiger partial charge in [0.2, 0.25) is 0 Å². The molecule has 0 saturated carbocycles. The number of hydrogen-bond donors (Lipinski definition) is 1. The maximum Gasteiger partial charge on any atom is 0.107 e. The van der Waals surface area contributed by atoms with Crippen LogP contribution in [0.25, 0.3) is 0 Å². The van der Waals surface area contributed by atoms with Gasteiger partial charge in [0.05, 0.1) is 0 Å². The third kappa shape index (κ3) is 2.63. The van der Waals surface area contributed by atoms with Crippen LogP contribution in [-0.4, -0.2) is 30.6 Å². The largest absolute Gasteiger partial charge is 0.383 e. The number of aliphatic hydroxyl groups is 1. The van der Waals surface area contributed by atoms with Crippen LogP contribution < -0.4 is 0 Å². The van der Waals surface area contributed by atoms with Crippen LogP contribution in [0.1, 0.15) is 26.3 Å². The molecule has 1 N–H and O–H groups in total. The molecule has 0 fully saturated rings. The molecule has 0 aliphatic carbocycles. The lowest BCUT2D eigenvalue weighted by molar-refractivity contribution is -0.0798. The van der Waals surface area contributed by atoms with E-state index in [0.717, 1.165) is 5.56 Å². The van der Waals surface area contributed by atoms with Gasteiger partial charge in [-0.25, -0.2) is 0 Å². The highest BCUT2D eigenvalue weighted by atomic mass is 16.3. The Labute approximate surface area is 98.9 Å². The Morgan fingerprint density at radius 3 is 1.94 bits per heavy atom. The van der Waals surface area contributed by atoms with Gasteiger partial charge in [-0.15, -0.1) is 0 Å². The Morgan fingerprint density at radius 1 is 1.06 bits per heavy atom. The molecule has 0 spiro atoms. The lowest BCUT2D eigenvalue weighted by Gasteiger charge is -2.42. The van der Waals surface area contributed by atoms with Crippen LogP contribution in [0.4, 0.5) is 0 Å². The van der Waals surface area contributed by atoms with Crippen LogP contribution >= 0.6 is 0 Å². The average molecular weight is 221 g/mol. The van der Waals surface area contributed by atoms with E-state index in [1.165, 1.54) is 0 Å². The summed E-state index contributed by atoms with van der Waals surface area (Å²) >= 11 is 0. The zero-order chi connectivity index (χ0) is 12.4. The molecule has 90 valence electrons. The second-order valence-corrected chi connectivity index (χ2v) is 5.71. The predicted octanol–water partition coefficient (Wildman–Crippen LogP) is 2.48. The average Bonchev–Trinajstić information content (AvgIpc) is 2.16. The van der Waals surface area contributed by atoms with E-state index in [1.54, 1.807) is 0 Å². The van der Waals surface area contributed by atoms with Crippen LogP contribution in [0.2, 0.25) is 0 Å². The number of likely N-dealkylation sites (N-methyl/N-ethyl adjacent to an activating group) is 1. The smallest absolute Gasteiger partial charge is 0.107 e. The lowest BCUT2D eigenvalue weighted by Crippen LogP contribution is -2.47. The normalized spacial score (nSPS) is 16.2. The second kappa shape index (κ2) is 4.56. The Balaban J connectivity index is 3.16. The molecule has 0 aliphatic heterocycles. The monoisotopic (exact) mass is 221 g/mol. The molecular formula is C14H23NO. The van der Waals surface area contributed by atoms with Crippen LogP contribution in [0.3, 0.4) is 0 Å². The van der Waals surface area contributed by atoms with Crippen molar-refractivity contribution in [3.8, 4) is 0 Å². The van der Waals surface area contributed by atoms with E-state index in [2.05, 4.69) is 20.8 Å². The van der Waals surface area contributed by atoms with E-state index in [-0.39, 0.29) is 5.41 Å². The molecule has 1 aromatic carbocycles. The number of nitrogens with zero attached hydrogens (tertiary/aromatic N) is 1. The first-order chi connectivity index (χ1) is 7.27. The molecular weight excluding hydrogens is 198 g/mol. The van der Waals surface area contributed by atoms with Crippen molar-refractivity contribution in [1.82, 2.24) is 4.90 Å². The highest BCUT2D eigenvalue weighted by Crippen LogP contribution is 2.39. The highest BCUT2D eigenvalue weighted by molar-refractivity contribution is 5.25. The van der Waals surface area contributed by atoms with Crippen LogP contribution in [0.15, 0.2) is 30.3 Å². The molecule has 2 nitrogen and oxygen atoms in total. The summed E-state index contributed by atoms with van der Waals surface area (Å²) in [6.07, 6.45) is 0. The summed E-state index contributed by atoms with van der Waals surface area (Å²) < 4.78 is 0. The number of rotatable bonds is 3. The molecule has 0 saturated heterocycles. The van der Waals surface area contributed by atoms with Crippen molar-refractivity contribution in [1.29, 1.82) is 0 Å². The van der Waals surface area contributed by atoms with E-state index in [0.29, 0.717) is 6.54 Å². The van der Waals surface area contributed by atoms with E-state index >= 15 is 0 Å². The molecule has 0 heterocycles. The molecule has 0 aliphatic rings. The van der Waals surface area contributed by atoms with Gasteiger partial charge < -0.3 is 10.0 Å². The maximum absolute atomic E-state index is 10.9. The Kier molecular flexibility index (Phi) is 3.76. The number of benzene rings is 1. The summed E-state index contributed by atoms with van der Waals surface area (Å²) in [4.78, 5) is 2.03. The van der Waals surface area contributed by atoms with E-state index in [4.69, 9.17) is 0 Å². The SMILES string of the molecule is CN(C)CC(O)(c1ccccc1)C(C)(C)C. The van der Waals surface area contributed by atoms with Crippen molar-refractivity contribution in [3.63, 3.8) is 0 Å². The minimum Gasteiger partial charge on any atom is -0.383 e.